The minimum Gasteiger partial charge on any atom is -0.454 e. The minimum absolute atomic E-state index is 0.0272. The third kappa shape index (κ3) is 10.4. The van der Waals surface area contributed by atoms with Gasteiger partial charge in [0.1, 0.15) is 18.8 Å². The molecule has 10 nitrogen and oxygen atoms in total. The number of nitrogens with one attached hydrogen (secondary N) is 2. The van der Waals surface area contributed by atoms with E-state index in [1.54, 1.807) is 35.2 Å². The van der Waals surface area contributed by atoms with Gasteiger partial charge in [0.2, 0.25) is 11.8 Å². The van der Waals surface area contributed by atoms with Crippen molar-refractivity contribution in [3.05, 3.63) is 97.1 Å². The van der Waals surface area contributed by atoms with E-state index in [0.717, 1.165) is 18.4 Å². The molecule has 0 bridgehead atoms. The predicted molar refractivity (Wildman–Crippen MR) is 161 cm³/mol. The zero-order valence-electron chi connectivity index (χ0n) is 24.4. The van der Waals surface area contributed by atoms with Crippen LogP contribution in [0.5, 0.6) is 0 Å². The average Bonchev–Trinajstić information content (AvgIpc) is 3.51. The summed E-state index contributed by atoms with van der Waals surface area (Å²) in [4.78, 5) is 53.5. The number of hydrogen-bond donors (Lipinski definition) is 3. The molecule has 0 spiro atoms. The monoisotopic (exact) mass is 591 g/mol. The van der Waals surface area contributed by atoms with Crippen molar-refractivity contribution in [3.8, 4) is 0 Å². The molecular formula is C33H41N3O7. The van der Waals surface area contributed by atoms with Crippen LogP contribution in [0.3, 0.4) is 0 Å². The van der Waals surface area contributed by atoms with Crippen molar-refractivity contribution in [2.24, 2.45) is 5.92 Å². The number of carbonyl (C=O) groups is 4. The van der Waals surface area contributed by atoms with Crippen molar-refractivity contribution in [2.45, 2.75) is 56.9 Å². The van der Waals surface area contributed by atoms with Gasteiger partial charge in [-0.15, -0.1) is 13.2 Å². The molecule has 3 amide bonds. The van der Waals surface area contributed by atoms with Crippen LogP contribution < -0.4 is 10.6 Å². The molecule has 0 aliphatic carbocycles. The van der Waals surface area contributed by atoms with Crippen LogP contribution in [0.25, 0.3) is 0 Å². The maximum atomic E-state index is 13.2. The molecule has 1 saturated heterocycles. The first-order valence-electron chi connectivity index (χ1n) is 14.5. The molecule has 0 saturated carbocycles. The van der Waals surface area contributed by atoms with Crippen molar-refractivity contribution >= 4 is 23.9 Å². The Hall–Kier alpha value is -4.44. The lowest BCUT2D eigenvalue weighted by molar-refractivity contribution is -0.152. The molecular weight excluding hydrogens is 550 g/mol. The summed E-state index contributed by atoms with van der Waals surface area (Å²) in [6, 6.07) is 16.8. The van der Waals surface area contributed by atoms with E-state index in [2.05, 4.69) is 23.8 Å². The van der Waals surface area contributed by atoms with E-state index in [1.165, 1.54) is 6.08 Å². The van der Waals surface area contributed by atoms with Gasteiger partial charge in [-0.1, -0.05) is 72.8 Å². The number of likely N-dealkylation sites (tertiary alicyclic amines) is 1. The third-order valence-electron chi connectivity index (χ3n) is 7.23. The molecule has 0 aromatic heterocycles. The summed E-state index contributed by atoms with van der Waals surface area (Å²) in [5.74, 6) is -1.97. The van der Waals surface area contributed by atoms with Crippen LogP contribution in [0.1, 0.15) is 49.3 Å². The van der Waals surface area contributed by atoms with Crippen LogP contribution in [-0.2, 0) is 30.5 Å². The fourth-order valence-electron chi connectivity index (χ4n) is 4.91. The van der Waals surface area contributed by atoms with E-state index < -0.39 is 30.1 Å². The Kier molecular flexibility index (Phi) is 13.5. The van der Waals surface area contributed by atoms with Crippen LogP contribution in [-0.4, -0.2) is 65.7 Å². The van der Waals surface area contributed by atoms with Gasteiger partial charge in [-0.25, -0.2) is 9.59 Å². The Bertz CT molecular complexity index is 1220. The van der Waals surface area contributed by atoms with Crippen molar-refractivity contribution in [1.82, 2.24) is 15.5 Å². The van der Waals surface area contributed by atoms with Crippen molar-refractivity contribution in [1.29, 1.82) is 0 Å². The number of amides is 3. The van der Waals surface area contributed by atoms with Gasteiger partial charge >= 0.3 is 12.1 Å². The van der Waals surface area contributed by atoms with Gasteiger partial charge < -0.3 is 30.1 Å². The van der Waals surface area contributed by atoms with Gasteiger partial charge in [0.05, 0.1) is 25.1 Å². The molecule has 4 atom stereocenters. The van der Waals surface area contributed by atoms with Crippen LogP contribution in [0.4, 0.5) is 4.79 Å². The van der Waals surface area contributed by atoms with Gasteiger partial charge in [-0.05, 0) is 36.8 Å². The largest absolute Gasteiger partial charge is 0.454 e. The number of carbonyl (C=O) groups excluding carboxylic acids is 4. The predicted octanol–water partition coefficient (Wildman–Crippen LogP) is 3.82. The zero-order chi connectivity index (χ0) is 31.0. The fraction of sp³-hybridized carbons (Fsp3) is 0.394. The number of benzene rings is 2. The van der Waals surface area contributed by atoms with E-state index in [-0.39, 0.29) is 56.9 Å². The molecule has 230 valence electrons. The highest BCUT2D eigenvalue weighted by molar-refractivity contribution is 5.86. The number of aliphatic hydroxyl groups excluding tert-OH is 1. The van der Waals surface area contributed by atoms with Gasteiger partial charge in [0.25, 0.3) is 0 Å². The summed E-state index contributed by atoms with van der Waals surface area (Å²) < 4.78 is 11.1. The second-order valence-electron chi connectivity index (χ2n) is 10.4. The lowest BCUT2D eigenvalue weighted by Crippen LogP contribution is -2.44. The zero-order valence-corrected chi connectivity index (χ0v) is 24.4. The van der Waals surface area contributed by atoms with Crippen molar-refractivity contribution in [2.75, 3.05) is 19.7 Å². The lowest BCUT2D eigenvalue weighted by atomic mass is 9.99. The summed E-state index contributed by atoms with van der Waals surface area (Å²) in [5, 5.41) is 14.9. The van der Waals surface area contributed by atoms with E-state index in [4.69, 9.17) is 9.47 Å². The standard InChI is InChI=1S/C33H41N3O7/c1-3-12-26(20-30(38)36-19-11-18-27(36)22-37)31(39)34-21-29(25-16-9-6-10-17-25)43-32(40)28(13-4-2)35-33(41)42-23-24-14-7-5-8-15-24/h3-10,14-17,26-29,37H,1-2,11-13,18-23H2,(H,34,39)(H,35,41)/t26-,27-,28+,29-/m0/s1. The average molecular weight is 592 g/mol. The van der Waals surface area contributed by atoms with Crippen molar-refractivity contribution in [3.63, 3.8) is 0 Å². The van der Waals surface area contributed by atoms with Gasteiger partial charge in [-0.3, -0.25) is 9.59 Å². The highest BCUT2D eigenvalue weighted by atomic mass is 16.6. The first-order chi connectivity index (χ1) is 20.9. The third-order valence-corrected chi connectivity index (χ3v) is 7.23. The molecule has 1 aliphatic heterocycles. The topological polar surface area (TPSA) is 134 Å². The van der Waals surface area contributed by atoms with Crippen LogP contribution in [0, 0.1) is 5.92 Å². The number of nitrogens with zero attached hydrogens (tertiary/aromatic N) is 1. The molecule has 1 heterocycles. The molecule has 0 radical (unpaired) electrons. The summed E-state index contributed by atoms with van der Waals surface area (Å²) in [6.45, 7) is 7.82. The maximum absolute atomic E-state index is 13.2. The van der Waals surface area contributed by atoms with E-state index in [0.29, 0.717) is 12.1 Å². The highest BCUT2D eigenvalue weighted by Crippen LogP contribution is 2.22. The SMILES string of the molecule is C=CC[C@@H](CC(=O)N1CCC[C@H]1CO)C(=O)NC[C@H](OC(=O)[C@@H](CC=C)NC(=O)OCc1ccccc1)c1ccccc1. The van der Waals surface area contributed by atoms with Gasteiger partial charge in [0.15, 0.2) is 0 Å². The molecule has 3 rings (SSSR count). The number of allylic oxidation sites excluding steroid dienone is 1. The number of rotatable bonds is 16. The normalized spacial score (nSPS) is 16.3. The lowest BCUT2D eigenvalue weighted by Gasteiger charge is -2.26. The molecule has 1 aliphatic rings. The second-order valence-corrected chi connectivity index (χ2v) is 10.4. The molecule has 3 N–H and O–H groups in total. The fourth-order valence-corrected chi connectivity index (χ4v) is 4.91. The second kappa shape index (κ2) is 17.5. The van der Waals surface area contributed by atoms with Crippen LogP contribution in [0.15, 0.2) is 86.0 Å². The highest BCUT2D eigenvalue weighted by Gasteiger charge is 2.32. The summed E-state index contributed by atoms with van der Waals surface area (Å²) in [7, 11) is 0. The number of esters is 1. The number of hydrogen-bond acceptors (Lipinski definition) is 7. The number of alkyl carbamates (subject to hydrolysis) is 1. The van der Waals surface area contributed by atoms with Crippen LogP contribution in [0.2, 0.25) is 0 Å². The molecule has 0 unspecified atom stereocenters. The van der Waals surface area contributed by atoms with E-state index in [1.807, 2.05) is 36.4 Å². The smallest absolute Gasteiger partial charge is 0.408 e. The quantitative estimate of drug-likeness (QED) is 0.200. The van der Waals surface area contributed by atoms with Crippen molar-refractivity contribution < 1.29 is 33.8 Å². The first-order valence-corrected chi connectivity index (χ1v) is 14.5. The van der Waals surface area contributed by atoms with Gasteiger partial charge in [0, 0.05) is 13.0 Å². The summed E-state index contributed by atoms with van der Waals surface area (Å²) >= 11 is 0. The van der Waals surface area contributed by atoms with E-state index in [9.17, 15) is 24.3 Å². The Morgan fingerprint density at radius 3 is 2.33 bits per heavy atom. The van der Waals surface area contributed by atoms with Gasteiger partial charge in [-0.2, -0.15) is 0 Å². The maximum Gasteiger partial charge on any atom is 0.408 e. The molecule has 1 fully saturated rings. The molecule has 43 heavy (non-hydrogen) atoms. The summed E-state index contributed by atoms with van der Waals surface area (Å²) in [5.41, 5.74) is 1.44. The Morgan fingerprint density at radius 2 is 1.67 bits per heavy atom. The summed E-state index contributed by atoms with van der Waals surface area (Å²) in [6.07, 6.45) is 3.32. The molecule has 2 aromatic rings. The number of ether oxygens (including phenoxy) is 2. The molecule has 10 heteroatoms. The minimum atomic E-state index is -1.06. The van der Waals surface area contributed by atoms with E-state index >= 15 is 0 Å². The Balaban J connectivity index is 1.64. The molecule has 2 aromatic carbocycles. The number of aliphatic hydroxyl groups is 1. The Morgan fingerprint density at radius 1 is 1.00 bits per heavy atom. The Labute approximate surface area is 252 Å². The first kappa shape index (κ1) is 33.1. The van der Waals surface area contributed by atoms with Crippen LogP contribution >= 0.6 is 0 Å².